The van der Waals surface area contributed by atoms with Gasteiger partial charge in [-0.05, 0) is 41.8 Å². The first-order valence-electron chi connectivity index (χ1n) is 7.27. The van der Waals surface area contributed by atoms with Crippen LogP contribution in [-0.4, -0.2) is 18.4 Å². The maximum atomic E-state index is 12.3. The van der Waals surface area contributed by atoms with E-state index < -0.39 is 10.0 Å². The number of rotatable bonds is 5. The summed E-state index contributed by atoms with van der Waals surface area (Å²) >= 11 is 0. The van der Waals surface area contributed by atoms with E-state index in [1.54, 1.807) is 30.3 Å². The first-order valence-corrected chi connectivity index (χ1v) is 8.76. The molecule has 23 heavy (non-hydrogen) atoms. The number of hydrogen-bond donors (Lipinski definition) is 3. The van der Waals surface area contributed by atoms with Crippen molar-refractivity contribution in [2.75, 3.05) is 0 Å². The molecule has 1 heterocycles. The molecule has 120 valence electrons. The lowest BCUT2D eigenvalue weighted by Gasteiger charge is -2.07. The Kier molecular flexibility index (Phi) is 4.06. The van der Waals surface area contributed by atoms with Crippen molar-refractivity contribution < 1.29 is 8.42 Å². The van der Waals surface area contributed by atoms with Gasteiger partial charge in [0.1, 0.15) is 0 Å². The quantitative estimate of drug-likeness (QED) is 0.666. The number of H-pyrrole nitrogens is 2. The SMILES string of the molecule is CCc1ccc(S(=O)(=O)NCc2ccc3[nH]c(=O)[nH]c3c2)cc1. The molecule has 3 rings (SSSR count). The van der Waals surface area contributed by atoms with Gasteiger partial charge in [0.2, 0.25) is 10.0 Å². The second-order valence-corrected chi connectivity index (χ2v) is 7.05. The molecule has 0 aliphatic carbocycles. The van der Waals surface area contributed by atoms with E-state index in [4.69, 9.17) is 0 Å². The van der Waals surface area contributed by atoms with Crippen LogP contribution in [0.3, 0.4) is 0 Å². The lowest BCUT2D eigenvalue weighted by atomic mass is 10.2. The zero-order valence-corrected chi connectivity index (χ0v) is 13.4. The molecule has 0 spiro atoms. The minimum atomic E-state index is -3.56. The first kappa shape index (κ1) is 15.5. The minimum Gasteiger partial charge on any atom is -0.306 e. The molecule has 3 aromatic rings. The highest BCUT2D eigenvalue weighted by molar-refractivity contribution is 7.89. The van der Waals surface area contributed by atoms with E-state index in [1.807, 2.05) is 19.1 Å². The molecule has 7 heteroatoms. The van der Waals surface area contributed by atoms with E-state index in [1.165, 1.54) is 0 Å². The Labute approximate surface area is 133 Å². The van der Waals surface area contributed by atoms with Crippen LogP contribution in [0.5, 0.6) is 0 Å². The predicted molar refractivity (Wildman–Crippen MR) is 88.8 cm³/mol. The van der Waals surface area contributed by atoms with Crippen molar-refractivity contribution in [3.63, 3.8) is 0 Å². The van der Waals surface area contributed by atoms with Gasteiger partial charge in [0.15, 0.2) is 0 Å². The van der Waals surface area contributed by atoms with Crippen molar-refractivity contribution in [2.24, 2.45) is 0 Å². The number of aromatic amines is 2. The van der Waals surface area contributed by atoms with Crippen LogP contribution in [0.25, 0.3) is 11.0 Å². The van der Waals surface area contributed by atoms with Crippen molar-refractivity contribution in [2.45, 2.75) is 24.8 Å². The van der Waals surface area contributed by atoms with Crippen LogP contribution in [0.2, 0.25) is 0 Å². The molecular weight excluding hydrogens is 314 g/mol. The number of aryl methyl sites for hydroxylation is 1. The van der Waals surface area contributed by atoms with Crippen LogP contribution >= 0.6 is 0 Å². The third-order valence-corrected chi connectivity index (χ3v) is 5.11. The fourth-order valence-electron chi connectivity index (χ4n) is 2.36. The zero-order valence-electron chi connectivity index (χ0n) is 12.6. The third-order valence-electron chi connectivity index (χ3n) is 3.69. The van der Waals surface area contributed by atoms with E-state index in [9.17, 15) is 13.2 Å². The lowest BCUT2D eigenvalue weighted by Crippen LogP contribution is -2.23. The van der Waals surface area contributed by atoms with Crippen molar-refractivity contribution >= 4 is 21.1 Å². The molecule has 2 aromatic carbocycles. The van der Waals surface area contributed by atoms with E-state index in [2.05, 4.69) is 14.7 Å². The highest BCUT2D eigenvalue weighted by Gasteiger charge is 2.13. The van der Waals surface area contributed by atoms with Gasteiger partial charge in [0, 0.05) is 6.54 Å². The van der Waals surface area contributed by atoms with Crippen molar-refractivity contribution in [1.82, 2.24) is 14.7 Å². The number of nitrogens with one attached hydrogen (secondary N) is 3. The highest BCUT2D eigenvalue weighted by Crippen LogP contribution is 2.13. The molecule has 3 N–H and O–H groups in total. The topological polar surface area (TPSA) is 94.8 Å². The van der Waals surface area contributed by atoms with Gasteiger partial charge in [-0.2, -0.15) is 0 Å². The van der Waals surface area contributed by atoms with Crippen LogP contribution in [0, 0.1) is 0 Å². The smallest absolute Gasteiger partial charge is 0.306 e. The number of sulfonamides is 1. The van der Waals surface area contributed by atoms with Crippen molar-refractivity contribution in [1.29, 1.82) is 0 Å². The molecule has 0 aliphatic rings. The van der Waals surface area contributed by atoms with Gasteiger partial charge in [-0.15, -0.1) is 0 Å². The Morgan fingerprint density at radius 2 is 1.61 bits per heavy atom. The van der Waals surface area contributed by atoms with Gasteiger partial charge in [-0.3, -0.25) is 0 Å². The lowest BCUT2D eigenvalue weighted by molar-refractivity contribution is 0.581. The Bertz CT molecular complexity index is 985. The van der Waals surface area contributed by atoms with Gasteiger partial charge in [0.25, 0.3) is 0 Å². The fourth-order valence-corrected chi connectivity index (χ4v) is 3.37. The standard InChI is InChI=1S/C16H17N3O3S/c1-2-11-3-6-13(7-4-11)23(21,22)17-10-12-5-8-14-15(9-12)19-16(20)18-14/h3-9,17H,2,10H2,1H3,(H2,18,19,20). The molecule has 0 atom stereocenters. The Balaban J connectivity index is 1.77. The largest absolute Gasteiger partial charge is 0.323 e. The summed E-state index contributed by atoms with van der Waals surface area (Å²) in [5.74, 6) is 0. The Morgan fingerprint density at radius 1 is 0.957 bits per heavy atom. The number of imidazole rings is 1. The van der Waals surface area contributed by atoms with Gasteiger partial charge >= 0.3 is 5.69 Å². The zero-order chi connectivity index (χ0) is 16.4. The minimum absolute atomic E-state index is 0.154. The predicted octanol–water partition coefficient (Wildman–Crippen LogP) is 1.90. The molecule has 0 unspecified atom stereocenters. The second kappa shape index (κ2) is 6.02. The van der Waals surface area contributed by atoms with Gasteiger partial charge < -0.3 is 9.97 Å². The molecule has 0 radical (unpaired) electrons. The van der Waals surface area contributed by atoms with Crippen LogP contribution in [-0.2, 0) is 23.0 Å². The summed E-state index contributed by atoms with van der Waals surface area (Å²) in [5, 5.41) is 0. The summed E-state index contributed by atoms with van der Waals surface area (Å²) in [6.45, 7) is 2.17. The van der Waals surface area contributed by atoms with Crippen LogP contribution in [0.1, 0.15) is 18.1 Å². The number of fused-ring (bicyclic) bond motifs is 1. The first-order chi connectivity index (χ1) is 11.0. The molecule has 0 amide bonds. The molecular formula is C16H17N3O3S. The maximum absolute atomic E-state index is 12.3. The van der Waals surface area contributed by atoms with E-state index in [0.717, 1.165) is 17.5 Å². The summed E-state index contributed by atoms with van der Waals surface area (Å²) in [4.78, 5) is 16.8. The molecule has 0 bridgehead atoms. The van der Waals surface area contributed by atoms with Gasteiger partial charge in [-0.1, -0.05) is 25.1 Å². The fraction of sp³-hybridized carbons (Fsp3) is 0.188. The number of aromatic nitrogens is 2. The van der Waals surface area contributed by atoms with Gasteiger partial charge in [-0.25, -0.2) is 17.9 Å². The molecule has 0 saturated carbocycles. The highest BCUT2D eigenvalue weighted by atomic mass is 32.2. The van der Waals surface area contributed by atoms with E-state index in [0.29, 0.717) is 11.0 Å². The third kappa shape index (κ3) is 3.35. The maximum Gasteiger partial charge on any atom is 0.323 e. The van der Waals surface area contributed by atoms with Crippen LogP contribution in [0.4, 0.5) is 0 Å². The monoisotopic (exact) mass is 331 g/mol. The van der Waals surface area contributed by atoms with Crippen LogP contribution < -0.4 is 10.4 Å². The summed E-state index contributed by atoms with van der Waals surface area (Å²) in [7, 11) is -3.56. The summed E-state index contributed by atoms with van der Waals surface area (Å²) in [5.41, 5.74) is 2.91. The number of benzene rings is 2. The molecule has 6 nitrogen and oxygen atoms in total. The van der Waals surface area contributed by atoms with Crippen molar-refractivity contribution in [3.05, 3.63) is 64.1 Å². The Hall–Kier alpha value is -2.38. The normalized spacial score (nSPS) is 11.9. The second-order valence-electron chi connectivity index (χ2n) is 5.28. The summed E-state index contributed by atoms with van der Waals surface area (Å²) in [6.07, 6.45) is 0.864. The average Bonchev–Trinajstić information content (AvgIpc) is 2.92. The summed E-state index contributed by atoms with van der Waals surface area (Å²) < 4.78 is 27.2. The molecule has 0 fully saturated rings. The average molecular weight is 331 g/mol. The summed E-state index contributed by atoms with van der Waals surface area (Å²) in [6, 6.07) is 12.1. The van der Waals surface area contributed by atoms with E-state index in [-0.39, 0.29) is 17.1 Å². The number of hydrogen-bond acceptors (Lipinski definition) is 3. The molecule has 1 aromatic heterocycles. The molecule has 0 aliphatic heterocycles. The van der Waals surface area contributed by atoms with Crippen molar-refractivity contribution in [3.8, 4) is 0 Å². The molecule has 0 saturated heterocycles. The Morgan fingerprint density at radius 3 is 2.30 bits per heavy atom. The van der Waals surface area contributed by atoms with Crippen LogP contribution in [0.15, 0.2) is 52.2 Å². The van der Waals surface area contributed by atoms with E-state index >= 15 is 0 Å². The van der Waals surface area contributed by atoms with Gasteiger partial charge in [0.05, 0.1) is 15.9 Å².